The molecule has 1 unspecified atom stereocenters. The Balaban J connectivity index is 1.62. The minimum absolute atomic E-state index is 0.0597. The summed E-state index contributed by atoms with van der Waals surface area (Å²) in [5.74, 6) is 3.30. The third-order valence-corrected chi connectivity index (χ3v) is 6.59. The number of ether oxygens (including phenoxy) is 1. The highest BCUT2D eigenvalue weighted by Crippen LogP contribution is 2.30. The van der Waals surface area contributed by atoms with Crippen LogP contribution in [-0.4, -0.2) is 50.8 Å². The Kier molecular flexibility index (Phi) is 5.13. The van der Waals surface area contributed by atoms with Crippen molar-refractivity contribution >= 4 is 29.4 Å². The van der Waals surface area contributed by atoms with Crippen LogP contribution in [0.5, 0.6) is 0 Å². The average Bonchev–Trinajstić information content (AvgIpc) is 3.16. The normalized spacial score (nSPS) is 29.5. The fourth-order valence-electron chi connectivity index (χ4n) is 2.68. The van der Waals surface area contributed by atoms with Crippen LogP contribution in [0.3, 0.4) is 0 Å². The monoisotopic (exact) mass is 327 g/mol. The fraction of sp³-hybridized carbons (Fsp3) is 0.714. The maximum absolute atomic E-state index is 12.4. The summed E-state index contributed by atoms with van der Waals surface area (Å²) in [6, 6.07) is 0.0690. The van der Waals surface area contributed by atoms with E-state index in [0.29, 0.717) is 6.61 Å². The summed E-state index contributed by atoms with van der Waals surface area (Å²) in [7, 11) is 0. The van der Waals surface area contributed by atoms with Gasteiger partial charge in [-0.2, -0.15) is 16.9 Å². The van der Waals surface area contributed by atoms with Gasteiger partial charge in [0.2, 0.25) is 5.91 Å². The fourth-order valence-corrected chi connectivity index (χ4v) is 5.25. The summed E-state index contributed by atoms with van der Waals surface area (Å²) in [6.07, 6.45) is 4.68. The van der Waals surface area contributed by atoms with Crippen LogP contribution in [0.2, 0.25) is 0 Å². The van der Waals surface area contributed by atoms with Crippen molar-refractivity contribution in [2.45, 2.75) is 37.3 Å². The van der Waals surface area contributed by atoms with Gasteiger partial charge < -0.3 is 10.1 Å². The first-order valence-electron chi connectivity index (χ1n) is 7.41. The zero-order valence-electron chi connectivity index (χ0n) is 12.2. The van der Waals surface area contributed by atoms with Gasteiger partial charge in [-0.25, -0.2) is 0 Å². The Morgan fingerprint density at radius 2 is 2.48 bits per heavy atom. The number of nitrogens with zero attached hydrogens (tertiary/aromatic N) is 2. The Morgan fingerprint density at radius 3 is 3.19 bits per heavy atom. The molecule has 1 aromatic rings. The van der Waals surface area contributed by atoms with E-state index >= 15 is 0 Å². The lowest BCUT2D eigenvalue weighted by Gasteiger charge is -2.24. The molecule has 2 fully saturated rings. The van der Waals surface area contributed by atoms with Crippen LogP contribution >= 0.6 is 23.5 Å². The lowest BCUT2D eigenvalue weighted by atomic mass is 10.1. The third-order valence-electron chi connectivity index (χ3n) is 3.83. The summed E-state index contributed by atoms with van der Waals surface area (Å²) in [4.78, 5) is 12.4. The predicted octanol–water partition coefficient (Wildman–Crippen LogP) is 1.70. The molecule has 0 aromatic carbocycles. The van der Waals surface area contributed by atoms with Gasteiger partial charge >= 0.3 is 0 Å². The lowest BCUT2D eigenvalue weighted by Crippen LogP contribution is -2.43. The zero-order chi connectivity index (χ0) is 14.7. The van der Waals surface area contributed by atoms with E-state index in [0.717, 1.165) is 35.8 Å². The van der Waals surface area contributed by atoms with E-state index in [1.807, 2.05) is 28.8 Å². The van der Waals surface area contributed by atoms with E-state index in [-0.39, 0.29) is 23.3 Å². The predicted molar refractivity (Wildman–Crippen MR) is 86.7 cm³/mol. The third kappa shape index (κ3) is 3.57. The summed E-state index contributed by atoms with van der Waals surface area (Å²) < 4.78 is 7.71. The largest absolute Gasteiger partial charge is 0.371 e. The van der Waals surface area contributed by atoms with E-state index in [2.05, 4.69) is 17.3 Å². The number of hydrogen-bond donors (Lipinski definition) is 1. The van der Waals surface area contributed by atoms with Crippen molar-refractivity contribution < 1.29 is 9.53 Å². The van der Waals surface area contributed by atoms with E-state index in [1.165, 1.54) is 0 Å². The molecule has 1 aromatic heterocycles. The molecule has 5 nitrogen and oxygen atoms in total. The van der Waals surface area contributed by atoms with Crippen LogP contribution in [0.1, 0.15) is 25.0 Å². The van der Waals surface area contributed by atoms with Crippen LogP contribution < -0.4 is 5.32 Å². The van der Waals surface area contributed by atoms with Crippen molar-refractivity contribution in [3.63, 3.8) is 0 Å². The zero-order valence-corrected chi connectivity index (χ0v) is 13.8. The Labute approximate surface area is 133 Å². The van der Waals surface area contributed by atoms with Crippen LogP contribution in [0.15, 0.2) is 12.4 Å². The van der Waals surface area contributed by atoms with Gasteiger partial charge in [-0.05, 0) is 13.3 Å². The number of carbonyl (C=O) groups excluding carboxylic acids is 1. The number of amides is 1. The van der Waals surface area contributed by atoms with Gasteiger partial charge in [-0.15, -0.1) is 11.8 Å². The van der Waals surface area contributed by atoms with Gasteiger partial charge in [-0.1, -0.05) is 0 Å². The van der Waals surface area contributed by atoms with Crippen molar-refractivity contribution in [2.75, 3.05) is 23.9 Å². The minimum atomic E-state index is -0.0597. The van der Waals surface area contributed by atoms with Crippen molar-refractivity contribution in [3.8, 4) is 0 Å². The molecule has 0 saturated carbocycles. The van der Waals surface area contributed by atoms with Crippen LogP contribution in [0.4, 0.5) is 0 Å². The highest BCUT2D eigenvalue weighted by atomic mass is 32.2. The molecule has 3 atom stereocenters. The molecule has 2 aliphatic heterocycles. The molecule has 7 heteroatoms. The van der Waals surface area contributed by atoms with E-state index < -0.39 is 0 Å². The number of hydrogen-bond acceptors (Lipinski definition) is 5. The Hall–Kier alpha value is -0.660. The molecule has 3 rings (SSSR count). The number of thioether (sulfide) groups is 2. The van der Waals surface area contributed by atoms with E-state index in [4.69, 9.17) is 4.74 Å². The smallest absolute Gasteiger partial charge is 0.234 e. The van der Waals surface area contributed by atoms with Crippen LogP contribution in [0.25, 0.3) is 0 Å². The second-order valence-corrected chi connectivity index (χ2v) is 7.72. The Morgan fingerprint density at radius 1 is 1.57 bits per heavy atom. The molecular weight excluding hydrogens is 306 g/mol. The first-order chi connectivity index (χ1) is 10.3. The quantitative estimate of drug-likeness (QED) is 0.912. The minimum Gasteiger partial charge on any atom is -0.371 e. The van der Waals surface area contributed by atoms with Crippen molar-refractivity contribution in [1.82, 2.24) is 15.1 Å². The topological polar surface area (TPSA) is 56.1 Å². The summed E-state index contributed by atoms with van der Waals surface area (Å²) in [6.45, 7) is 3.60. The molecule has 0 bridgehead atoms. The molecule has 21 heavy (non-hydrogen) atoms. The molecule has 116 valence electrons. The van der Waals surface area contributed by atoms with Crippen molar-refractivity contribution in [1.29, 1.82) is 0 Å². The second-order valence-electron chi connectivity index (χ2n) is 5.26. The first-order valence-corrected chi connectivity index (χ1v) is 9.62. The molecule has 2 aliphatic rings. The molecular formula is C14H21N3O2S2. The number of aryl methyl sites for hydroxylation is 1. The molecule has 0 radical (unpaired) electrons. The van der Waals surface area contributed by atoms with E-state index in [1.54, 1.807) is 11.8 Å². The van der Waals surface area contributed by atoms with Crippen LogP contribution in [0, 0.1) is 0 Å². The molecule has 2 saturated heterocycles. The number of rotatable bonds is 4. The van der Waals surface area contributed by atoms with Crippen LogP contribution in [-0.2, 0) is 16.1 Å². The summed E-state index contributed by atoms with van der Waals surface area (Å²) in [5, 5.41) is 7.57. The van der Waals surface area contributed by atoms with E-state index in [9.17, 15) is 4.79 Å². The average molecular weight is 327 g/mol. The standard InChI is InChI=1S/C14H21N3O2S2/c1-2-17-8-10(7-15-17)13-11(3-4-19-13)16-14(18)12-9-20-5-6-21-12/h7-8,11-13H,2-6,9H2,1H3,(H,16,18)/t11-,12?,13+/m0/s1. The van der Waals surface area contributed by atoms with Gasteiger partial charge in [0.25, 0.3) is 0 Å². The second kappa shape index (κ2) is 7.07. The SMILES string of the molecule is CCn1cc([C@H]2OCC[C@@H]2NC(=O)C2CSCCS2)cn1. The van der Waals surface area contributed by atoms with Gasteiger partial charge in [0.15, 0.2) is 0 Å². The van der Waals surface area contributed by atoms with Gasteiger partial charge in [0.05, 0.1) is 17.5 Å². The summed E-state index contributed by atoms with van der Waals surface area (Å²) >= 11 is 3.64. The molecule has 1 amide bonds. The molecule has 1 N–H and O–H groups in total. The molecule has 0 spiro atoms. The number of nitrogens with one attached hydrogen (secondary N) is 1. The van der Waals surface area contributed by atoms with Gasteiger partial charge in [0, 0.05) is 42.2 Å². The maximum Gasteiger partial charge on any atom is 0.234 e. The summed E-state index contributed by atoms with van der Waals surface area (Å²) in [5.41, 5.74) is 1.06. The van der Waals surface area contributed by atoms with Crippen molar-refractivity contribution in [3.05, 3.63) is 18.0 Å². The number of carbonyl (C=O) groups is 1. The Bertz CT molecular complexity index is 488. The maximum atomic E-state index is 12.4. The highest BCUT2D eigenvalue weighted by Gasteiger charge is 2.34. The number of aromatic nitrogens is 2. The lowest BCUT2D eigenvalue weighted by molar-refractivity contribution is -0.121. The van der Waals surface area contributed by atoms with Gasteiger partial charge in [-0.3, -0.25) is 9.48 Å². The molecule has 0 aliphatic carbocycles. The first kappa shape index (κ1) is 15.2. The highest BCUT2D eigenvalue weighted by molar-refractivity contribution is 8.07. The molecule has 3 heterocycles. The van der Waals surface area contributed by atoms with Gasteiger partial charge in [0.1, 0.15) is 6.10 Å². The van der Waals surface area contributed by atoms with Crippen molar-refractivity contribution in [2.24, 2.45) is 0 Å².